The zero-order chi connectivity index (χ0) is 26.5. The number of thioether (sulfide) groups is 1. The van der Waals surface area contributed by atoms with Gasteiger partial charge in [-0.05, 0) is 60.5 Å². The van der Waals surface area contributed by atoms with Crippen molar-refractivity contribution < 1.29 is 18.7 Å². The number of carbonyl (C=O) groups excluding carboxylic acids is 1. The van der Waals surface area contributed by atoms with E-state index >= 15 is 0 Å². The molecule has 5 aromatic rings. The van der Waals surface area contributed by atoms with Crippen molar-refractivity contribution in [3.05, 3.63) is 102 Å². The van der Waals surface area contributed by atoms with Gasteiger partial charge in [0.2, 0.25) is 5.82 Å². The zero-order valence-electron chi connectivity index (χ0n) is 21.2. The summed E-state index contributed by atoms with van der Waals surface area (Å²) in [6, 6.07) is 24.6. The summed E-state index contributed by atoms with van der Waals surface area (Å²) >= 11 is 1.57. The van der Waals surface area contributed by atoms with Gasteiger partial charge in [-0.3, -0.25) is 9.36 Å². The molecule has 0 saturated carbocycles. The third kappa shape index (κ3) is 5.28. The Labute approximate surface area is 224 Å². The Kier molecular flexibility index (Phi) is 7.46. The molecule has 0 spiro atoms. The largest absolute Gasteiger partial charge is 0.493 e. The maximum Gasteiger partial charge on any atom is 0.255 e. The summed E-state index contributed by atoms with van der Waals surface area (Å²) in [4.78, 5) is 12.8. The van der Waals surface area contributed by atoms with Gasteiger partial charge in [-0.25, -0.2) is 0 Å². The van der Waals surface area contributed by atoms with Crippen molar-refractivity contribution in [2.75, 3.05) is 19.5 Å². The molecule has 2 aromatic heterocycles. The SMILES string of the molecule is COc1ccc(NC(=O)c2ccc(CSc3nnc(-c4ccco4)n3-c3ccccc3C)cc2)cc1OC. The molecule has 3 aromatic carbocycles. The summed E-state index contributed by atoms with van der Waals surface area (Å²) in [5.74, 6) is 2.89. The van der Waals surface area contributed by atoms with Crippen LogP contribution in [0, 0.1) is 6.92 Å². The predicted octanol–water partition coefficient (Wildman–Crippen LogP) is 6.40. The van der Waals surface area contributed by atoms with E-state index in [-0.39, 0.29) is 5.91 Å². The van der Waals surface area contributed by atoms with Crippen molar-refractivity contribution in [3.63, 3.8) is 0 Å². The Morgan fingerprint density at radius 1 is 0.947 bits per heavy atom. The van der Waals surface area contributed by atoms with Crippen molar-refractivity contribution in [1.29, 1.82) is 0 Å². The molecule has 0 bridgehead atoms. The summed E-state index contributed by atoms with van der Waals surface area (Å²) < 4.78 is 18.2. The van der Waals surface area contributed by atoms with Crippen LogP contribution in [0.1, 0.15) is 21.5 Å². The number of nitrogens with one attached hydrogen (secondary N) is 1. The molecular weight excluding hydrogens is 500 g/mol. The summed E-state index contributed by atoms with van der Waals surface area (Å²) in [5, 5.41) is 12.5. The van der Waals surface area contributed by atoms with Crippen LogP contribution in [0.5, 0.6) is 11.5 Å². The molecule has 0 unspecified atom stereocenters. The van der Waals surface area contributed by atoms with Gasteiger partial charge in [0.05, 0.1) is 26.2 Å². The van der Waals surface area contributed by atoms with Crippen LogP contribution in [0.3, 0.4) is 0 Å². The highest BCUT2D eigenvalue weighted by Crippen LogP contribution is 2.32. The predicted molar refractivity (Wildman–Crippen MR) is 147 cm³/mol. The Morgan fingerprint density at radius 3 is 2.45 bits per heavy atom. The van der Waals surface area contributed by atoms with E-state index in [0.29, 0.717) is 40.1 Å². The van der Waals surface area contributed by atoms with E-state index in [1.165, 1.54) is 0 Å². The Hall–Kier alpha value is -4.50. The fraction of sp³-hybridized carbons (Fsp3) is 0.138. The third-order valence-corrected chi connectivity index (χ3v) is 6.96. The highest BCUT2D eigenvalue weighted by molar-refractivity contribution is 7.98. The molecule has 2 heterocycles. The second-order valence-corrected chi connectivity index (χ2v) is 9.36. The normalized spacial score (nSPS) is 10.8. The minimum atomic E-state index is -0.209. The lowest BCUT2D eigenvalue weighted by Gasteiger charge is -2.12. The smallest absolute Gasteiger partial charge is 0.255 e. The number of hydrogen-bond acceptors (Lipinski definition) is 7. The summed E-state index contributed by atoms with van der Waals surface area (Å²) in [7, 11) is 3.13. The van der Waals surface area contributed by atoms with Crippen LogP contribution in [0.25, 0.3) is 17.3 Å². The lowest BCUT2D eigenvalue weighted by atomic mass is 10.1. The summed E-state index contributed by atoms with van der Waals surface area (Å²) in [5.41, 5.74) is 4.32. The zero-order valence-corrected chi connectivity index (χ0v) is 22.0. The molecule has 0 saturated heterocycles. The number of benzene rings is 3. The quantitative estimate of drug-likeness (QED) is 0.222. The number of amides is 1. The van der Waals surface area contributed by atoms with E-state index < -0.39 is 0 Å². The minimum absolute atomic E-state index is 0.209. The molecule has 5 rings (SSSR count). The van der Waals surface area contributed by atoms with Gasteiger partial charge in [0.15, 0.2) is 22.4 Å². The van der Waals surface area contributed by atoms with Crippen LogP contribution in [-0.4, -0.2) is 34.9 Å². The fourth-order valence-corrected chi connectivity index (χ4v) is 4.88. The van der Waals surface area contributed by atoms with Crippen LogP contribution in [-0.2, 0) is 5.75 Å². The number of anilines is 1. The van der Waals surface area contributed by atoms with E-state index in [1.54, 1.807) is 50.4 Å². The number of methoxy groups -OCH3 is 2. The number of furan rings is 1. The lowest BCUT2D eigenvalue weighted by molar-refractivity contribution is 0.102. The number of para-hydroxylation sites is 1. The molecule has 0 atom stereocenters. The van der Waals surface area contributed by atoms with Crippen LogP contribution < -0.4 is 14.8 Å². The first-order chi connectivity index (χ1) is 18.6. The number of aryl methyl sites for hydroxylation is 1. The third-order valence-electron chi connectivity index (χ3n) is 5.96. The Balaban J connectivity index is 1.31. The molecule has 38 heavy (non-hydrogen) atoms. The van der Waals surface area contributed by atoms with E-state index in [9.17, 15) is 4.79 Å². The molecule has 9 heteroatoms. The van der Waals surface area contributed by atoms with Crippen molar-refractivity contribution >= 4 is 23.4 Å². The maximum atomic E-state index is 12.8. The number of ether oxygens (including phenoxy) is 2. The molecule has 192 valence electrons. The topological polar surface area (TPSA) is 91.4 Å². The summed E-state index contributed by atoms with van der Waals surface area (Å²) in [6.45, 7) is 2.06. The van der Waals surface area contributed by atoms with Gasteiger partial charge in [0.1, 0.15) is 0 Å². The first-order valence-electron chi connectivity index (χ1n) is 11.9. The molecule has 0 aliphatic heterocycles. The van der Waals surface area contributed by atoms with Crippen LogP contribution in [0.4, 0.5) is 5.69 Å². The van der Waals surface area contributed by atoms with E-state index in [0.717, 1.165) is 22.0 Å². The lowest BCUT2D eigenvalue weighted by Crippen LogP contribution is -2.12. The van der Waals surface area contributed by atoms with Gasteiger partial charge >= 0.3 is 0 Å². The van der Waals surface area contributed by atoms with Crippen LogP contribution >= 0.6 is 11.8 Å². The molecular formula is C29H26N4O4S. The van der Waals surface area contributed by atoms with Crippen LogP contribution in [0.2, 0.25) is 0 Å². The average Bonchev–Trinajstić information content (AvgIpc) is 3.62. The number of carbonyl (C=O) groups is 1. The first-order valence-corrected chi connectivity index (χ1v) is 12.9. The van der Waals surface area contributed by atoms with Gasteiger partial charge in [0, 0.05) is 23.1 Å². The summed E-state index contributed by atoms with van der Waals surface area (Å²) in [6.07, 6.45) is 1.63. The molecule has 0 aliphatic carbocycles. The number of aromatic nitrogens is 3. The minimum Gasteiger partial charge on any atom is -0.493 e. The maximum absolute atomic E-state index is 12.8. The average molecular weight is 527 g/mol. The van der Waals surface area contributed by atoms with Crippen molar-refractivity contribution in [3.8, 4) is 28.8 Å². The number of nitrogens with zero attached hydrogens (tertiary/aromatic N) is 3. The highest BCUT2D eigenvalue weighted by atomic mass is 32.2. The van der Waals surface area contributed by atoms with Crippen molar-refractivity contribution in [1.82, 2.24) is 14.8 Å². The molecule has 0 aliphatic rings. The Bertz CT molecular complexity index is 1550. The molecule has 0 radical (unpaired) electrons. The van der Waals surface area contributed by atoms with E-state index in [4.69, 9.17) is 13.9 Å². The van der Waals surface area contributed by atoms with Gasteiger partial charge in [-0.15, -0.1) is 10.2 Å². The second-order valence-electron chi connectivity index (χ2n) is 8.41. The van der Waals surface area contributed by atoms with Crippen molar-refractivity contribution in [2.45, 2.75) is 17.8 Å². The second kappa shape index (κ2) is 11.3. The van der Waals surface area contributed by atoms with E-state index in [2.05, 4.69) is 28.5 Å². The molecule has 1 amide bonds. The van der Waals surface area contributed by atoms with Gasteiger partial charge in [0.25, 0.3) is 5.91 Å². The first kappa shape index (κ1) is 25.2. The monoisotopic (exact) mass is 526 g/mol. The standard InChI is InChI=1S/C29H26N4O4S/c1-19-7-4-5-8-23(19)33-27(25-9-6-16-37-25)31-32-29(33)38-18-20-10-12-21(13-11-20)28(34)30-22-14-15-24(35-2)26(17-22)36-3/h4-17H,18H2,1-3H3,(H,30,34). The molecule has 8 nitrogen and oxygen atoms in total. The van der Waals surface area contributed by atoms with Crippen LogP contribution in [0.15, 0.2) is 94.7 Å². The van der Waals surface area contributed by atoms with Gasteiger partial charge in [-0.2, -0.15) is 0 Å². The Morgan fingerprint density at radius 2 is 1.74 bits per heavy atom. The van der Waals surface area contributed by atoms with Gasteiger partial charge in [-0.1, -0.05) is 42.1 Å². The van der Waals surface area contributed by atoms with E-state index in [1.807, 2.05) is 59.2 Å². The molecule has 0 fully saturated rings. The number of rotatable bonds is 9. The highest BCUT2D eigenvalue weighted by Gasteiger charge is 2.19. The number of hydrogen-bond donors (Lipinski definition) is 1. The fourth-order valence-electron chi connectivity index (χ4n) is 3.98. The van der Waals surface area contributed by atoms with Crippen molar-refractivity contribution in [2.24, 2.45) is 0 Å². The molecule has 1 N–H and O–H groups in total. The van der Waals surface area contributed by atoms with Gasteiger partial charge < -0.3 is 19.2 Å².